The first-order valence-electron chi connectivity index (χ1n) is 6.59. The number of furan rings is 1. The maximum Gasteiger partial charge on any atom is 0.311 e. The van der Waals surface area contributed by atoms with Gasteiger partial charge in [0.05, 0.1) is 5.41 Å². The van der Waals surface area contributed by atoms with E-state index in [2.05, 4.69) is 5.32 Å². The van der Waals surface area contributed by atoms with Crippen LogP contribution in [0.3, 0.4) is 0 Å². The van der Waals surface area contributed by atoms with Gasteiger partial charge in [-0.05, 0) is 25.0 Å². The summed E-state index contributed by atoms with van der Waals surface area (Å²) in [6, 6.07) is 3.35. The van der Waals surface area contributed by atoms with Crippen molar-refractivity contribution in [3.63, 3.8) is 0 Å². The first-order chi connectivity index (χ1) is 8.99. The van der Waals surface area contributed by atoms with Crippen LogP contribution in [0.25, 0.3) is 0 Å². The van der Waals surface area contributed by atoms with E-state index in [9.17, 15) is 14.7 Å². The van der Waals surface area contributed by atoms with Crippen molar-refractivity contribution in [2.75, 3.05) is 6.54 Å². The third kappa shape index (κ3) is 3.36. The van der Waals surface area contributed by atoms with Crippen molar-refractivity contribution in [1.29, 1.82) is 0 Å². The van der Waals surface area contributed by atoms with Gasteiger partial charge in [0.25, 0.3) is 5.91 Å². The fraction of sp³-hybridized carbons (Fsp3) is 0.571. The van der Waals surface area contributed by atoms with Crippen LogP contribution in [-0.2, 0) is 11.2 Å². The van der Waals surface area contributed by atoms with Crippen LogP contribution in [0, 0.1) is 5.41 Å². The van der Waals surface area contributed by atoms with Crippen molar-refractivity contribution in [2.24, 2.45) is 5.41 Å². The van der Waals surface area contributed by atoms with Crippen LogP contribution in [0.15, 0.2) is 16.5 Å². The monoisotopic (exact) mass is 267 g/mol. The van der Waals surface area contributed by atoms with Gasteiger partial charge in [0.15, 0.2) is 5.76 Å². The number of hydrogen-bond donors (Lipinski definition) is 2. The van der Waals surface area contributed by atoms with E-state index in [4.69, 9.17) is 4.42 Å². The molecule has 0 aromatic carbocycles. The van der Waals surface area contributed by atoms with Gasteiger partial charge in [-0.25, -0.2) is 0 Å². The van der Waals surface area contributed by atoms with Gasteiger partial charge in [-0.1, -0.05) is 20.8 Å². The molecule has 5 nitrogen and oxygen atoms in total. The molecule has 1 amide bonds. The maximum absolute atomic E-state index is 11.9. The summed E-state index contributed by atoms with van der Waals surface area (Å²) in [5.74, 6) is -0.289. The highest BCUT2D eigenvalue weighted by Crippen LogP contribution is 2.25. The lowest BCUT2D eigenvalue weighted by Crippen LogP contribution is -2.42. The number of carboxylic acids is 1. The van der Waals surface area contributed by atoms with Crippen LogP contribution in [0.4, 0.5) is 0 Å². The van der Waals surface area contributed by atoms with E-state index in [0.29, 0.717) is 12.8 Å². The summed E-state index contributed by atoms with van der Waals surface area (Å²) in [6.07, 6.45) is 1.66. The molecule has 0 atom stereocenters. The first-order valence-corrected chi connectivity index (χ1v) is 6.59. The number of amides is 1. The van der Waals surface area contributed by atoms with E-state index in [1.807, 2.05) is 20.8 Å². The van der Waals surface area contributed by atoms with Crippen molar-refractivity contribution in [1.82, 2.24) is 5.32 Å². The topological polar surface area (TPSA) is 79.5 Å². The van der Waals surface area contributed by atoms with E-state index in [0.717, 1.165) is 12.2 Å². The average Bonchev–Trinajstić information content (AvgIpc) is 2.88. The molecule has 0 saturated heterocycles. The Kier molecular flexibility index (Phi) is 5.15. The Hall–Kier alpha value is -1.78. The molecule has 0 spiro atoms. The number of aryl methyl sites for hydroxylation is 1. The quantitative estimate of drug-likeness (QED) is 0.795. The standard InChI is InChI=1S/C14H21NO4/c1-4-10-7-8-11(19-10)12(16)15-9-14(5-2,6-3)13(17)18/h7-8H,4-6,9H2,1-3H3,(H,15,16)(H,17,18). The molecule has 1 rings (SSSR count). The van der Waals surface area contributed by atoms with Crippen LogP contribution in [0.5, 0.6) is 0 Å². The molecule has 1 aromatic rings. The number of carboxylic acid groups (broad SMARTS) is 1. The molecule has 0 aliphatic heterocycles. The van der Waals surface area contributed by atoms with Crippen molar-refractivity contribution < 1.29 is 19.1 Å². The predicted molar refractivity (Wildman–Crippen MR) is 71.1 cm³/mol. The van der Waals surface area contributed by atoms with Crippen LogP contribution in [0.1, 0.15) is 49.9 Å². The molecule has 5 heteroatoms. The van der Waals surface area contributed by atoms with Crippen molar-refractivity contribution in [3.05, 3.63) is 23.7 Å². The van der Waals surface area contributed by atoms with E-state index < -0.39 is 11.4 Å². The van der Waals surface area contributed by atoms with Gasteiger partial charge >= 0.3 is 5.97 Å². The van der Waals surface area contributed by atoms with Crippen LogP contribution < -0.4 is 5.32 Å². The molecule has 106 valence electrons. The van der Waals surface area contributed by atoms with E-state index in [1.54, 1.807) is 12.1 Å². The number of carbonyl (C=O) groups is 2. The molecule has 2 N–H and O–H groups in total. The summed E-state index contributed by atoms with van der Waals surface area (Å²) in [6.45, 7) is 5.66. The molecule has 0 fully saturated rings. The molecule has 1 aromatic heterocycles. The van der Waals surface area contributed by atoms with E-state index in [1.165, 1.54) is 0 Å². The second-order valence-corrected chi connectivity index (χ2v) is 4.59. The fourth-order valence-electron chi connectivity index (χ4n) is 1.90. The van der Waals surface area contributed by atoms with Crippen molar-refractivity contribution in [3.8, 4) is 0 Å². The molecular weight excluding hydrogens is 246 g/mol. The summed E-state index contributed by atoms with van der Waals surface area (Å²) >= 11 is 0. The molecule has 0 radical (unpaired) electrons. The summed E-state index contributed by atoms with van der Waals surface area (Å²) in [4.78, 5) is 23.2. The Morgan fingerprint density at radius 2 is 1.89 bits per heavy atom. The Morgan fingerprint density at radius 3 is 2.32 bits per heavy atom. The summed E-state index contributed by atoms with van der Waals surface area (Å²) in [5.41, 5.74) is -0.907. The van der Waals surface area contributed by atoms with Gasteiger partial charge in [0.1, 0.15) is 5.76 Å². The van der Waals surface area contributed by atoms with Gasteiger partial charge in [-0.15, -0.1) is 0 Å². The van der Waals surface area contributed by atoms with Crippen molar-refractivity contribution >= 4 is 11.9 Å². The van der Waals surface area contributed by atoms with E-state index >= 15 is 0 Å². The van der Waals surface area contributed by atoms with Gasteiger partial charge < -0.3 is 14.8 Å². The summed E-state index contributed by atoms with van der Waals surface area (Å²) in [7, 11) is 0. The molecular formula is C14H21NO4. The average molecular weight is 267 g/mol. The smallest absolute Gasteiger partial charge is 0.311 e. The minimum Gasteiger partial charge on any atom is -0.481 e. The SMILES string of the molecule is CCc1ccc(C(=O)NCC(CC)(CC)C(=O)O)o1. The second kappa shape index (κ2) is 6.41. The fourth-order valence-corrected chi connectivity index (χ4v) is 1.90. The minimum atomic E-state index is -0.907. The molecule has 0 unspecified atom stereocenters. The van der Waals surface area contributed by atoms with Gasteiger partial charge in [0.2, 0.25) is 0 Å². The summed E-state index contributed by atoms with van der Waals surface area (Å²) in [5, 5.41) is 11.9. The molecule has 19 heavy (non-hydrogen) atoms. The highest BCUT2D eigenvalue weighted by Gasteiger charge is 2.35. The number of aliphatic carboxylic acids is 1. The first kappa shape index (κ1) is 15.3. The normalized spacial score (nSPS) is 11.3. The lowest BCUT2D eigenvalue weighted by molar-refractivity contribution is -0.149. The Balaban J connectivity index is 2.69. The third-order valence-electron chi connectivity index (χ3n) is 3.63. The number of hydrogen-bond acceptors (Lipinski definition) is 3. The predicted octanol–water partition coefficient (Wildman–Crippen LogP) is 2.46. The van der Waals surface area contributed by atoms with Gasteiger partial charge in [-0.3, -0.25) is 9.59 Å². The van der Waals surface area contributed by atoms with E-state index in [-0.39, 0.29) is 18.2 Å². The van der Waals surface area contributed by atoms with Crippen LogP contribution in [-0.4, -0.2) is 23.5 Å². The highest BCUT2D eigenvalue weighted by molar-refractivity contribution is 5.91. The van der Waals surface area contributed by atoms with Gasteiger partial charge in [-0.2, -0.15) is 0 Å². The zero-order valence-electron chi connectivity index (χ0n) is 11.7. The number of carbonyl (C=O) groups excluding carboxylic acids is 1. The third-order valence-corrected chi connectivity index (χ3v) is 3.63. The molecule has 0 bridgehead atoms. The Labute approximate surface area is 113 Å². The number of rotatable bonds is 7. The Bertz CT molecular complexity index is 446. The lowest BCUT2D eigenvalue weighted by atomic mass is 9.82. The van der Waals surface area contributed by atoms with Crippen LogP contribution >= 0.6 is 0 Å². The number of nitrogens with one attached hydrogen (secondary N) is 1. The minimum absolute atomic E-state index is 0.107. The second-order valence-electron chi connectivity index (χ2n) is 4.59. The Morgan fingerprint density at radius 1 is 1.26 bits per heavy atom. The molecule has 0 aliphatic carbocycles. The highest BCUT2D eigenvalue weighted by atomic mass is 16.4. The zero-order chi connectivity index (χ0) is 14.5. The van der Waals surface area contributed by atoms with Gasteiger partial charge in [0, 0.05) is 13.0 Å². The van der Waals surface area contributed by atoms with Crippen molar-refractivity contribution in [2.45, 2.75) is 40.0 Å². The molecule has 1 heterocycles. The molecule has 0 aliphatic rings. The summed E-state index contributed by atoms with van der Waals surface area (Å²) < 4.78 is 5.33. The maximum atomic E-state index is 11.9. The zero-order valence-corrected chi connectivity index (χ0v) is 11.7. The molecule has 0 saturated carbocycles. The largest absolute Gasteiger partial charge is 0.481 e. The van der Waals surface area contributed by atoms with Crippen LogP contribution in [0.2, 0.25) is 0 Å². The lowest BCUT2D eigenvalue weighted by Gasteiger charge is -2.26.